The third-order valence-electron chi connectivity index (χ3n) is 4.83. The Morgan fingerprint density at radius 2 is 1.97 bits per heavy atom. The minimum Gasteiger partial charge on any atom is -0.397 e. The van der Waals surface area contributed by atoms with Crippen LogP contribution in [0.1, 0.15) is 30.4 Å². The van der Waals surface area contributed by atoms with Crippen molar-refractivity contribution in [1.82, 2.24) is 20.2 Å². The van der Waals surface area contributed by atoms with Crippen molar-refractivity contribution >= 4 is 55.5 Å². The Balaban J connectivity index is 2.06. The lowest BCUT2D eigenvalue weighted by molar-refractivity contribution is -0.117. The molecule has 0 radical (unpaired) electrons. The van der Waals surface area contributed by atoms with E-state index in [9.17, 15) is 13.8 Å². The van der Waals surface area contributed by atoms with E-state index in [1.807, 2.05) is 20.8 Å². The van der Waals surface area contributed by atoms with Gasteiger partial charge < -0.3 is 21.5 Å². The number of nitrogens with two attached hydrogens (primary N) is 1. The summed E-state index contributed by atoms with van der Waals surface area (Å²) in [5.41, 5.74) is 7.80. The lowest BCUT2D eigenvalue weighted by Crippen LogP contribution is -2.40. The topological polar surface area (TPSA) is 151 Å². The van der Waals surface area contributed by atoms with Gasteiger partial charge in [0.1, 0.15) is 9.71 Å². The Morgan fingerprint density at radius 3 is 2.60 bits per heavy atom. The van der Waals surface area contributed by atoms with Crippen molar-refractivity contribution in [2.24, 2.45) is 0 Å². The molecule has 0 fully saturated rings. The van der Waals surface area contributed by atoms with Gasteiger partial charge in [-0.15, -0.1) is 11.3 Å². The first-order valence-electron chi connectivity index (χ1n) is 10.8. The van der Waals surface area contributed by atoms with E-state index >= 15 is 0 Å². The standard InChI is InChI=1S/C23H30N6O4S2/c1-23(2,3)28-20(32)19-17(24)16-18(26-22(35(5)33)27-21(16)34-19)13-7-6-8-14(11-13)25-15(31)12-29(4)9-10-30/h6-8,11,30H,9-10,12,24H2,1-5H3,(H,25,31)(H,28,32). The van der Waals surface area contributed by atoms with E-state index in [2.05, 4.69) is 20.6 Å². The molecule has 0 aliphatic heterocycles. The highest BCUT2D eigenvalue weighted by Gasteiger charge is 2.25. The second-order valence-electron chi connectivity index (χ2n) is 9.13. The number of fused-ring (bicyclic) bond motifs is 1. The largest absolute Gasteiger partial charge is 0.397 e. The first kappa shape index (κ1) is 26.7. The van der Waals surface area contributed by atoms with Gasteiger partial charge in [-0.25, -0.2) is 9.97 Å². The van der Waals surface area contributed by atoms with Crippen LogP contribution >= 0.6 is 11.3 Å². The number of benzene rings is 1. The molecule has 0 spiro atoms. The molecule has 188 valence electrons. The maximum atomic E-state index is 12.9. The molecule has 0 saturated heterocycles. The molecule has 2 amide bonds. The predicted molar refractivity (Wildman–Crippen MR) is 140 cm³/mol. The van der Waals surface area contributed by atoms with Gasteiger partial charge in [0.15, 0.2) is 0 Å². The molecule has 12 heteroatoms. The van der Waals surface area contributed by atoms with Crippen molar-refractivity contribution in [3.63, 3.8) is 0 Å². The highest BCUT2D eigenvalue weighted by molar-refractivity contribution is 7.84. The summed E-state index contributed by atoms with van der Waals surface area (Å²) in [6, 6.07) is 7.03. The number of anilines is 2. The number of hydrogen-bond acceptors (Lipinski definition) is 9. The fraction of sp³-hybridized carbons (Fsp3) is 0.391. The smallest absolute Gasteiger partial charge is 0.263 e. The number of hydrogen-bond donors (Lipinski definition) is 4. The maximum Gasteiger partial charge on any atom is 0.263 e. The van der Waals surface area contributed by atoms with Crippen LogP contribution in [0.15, 0.2) is 29.4 Å². The van der Waals surface area contributed by atoms with Gasteiger partial charge >= 0.3 is 0 Å². The van der Waals surface area contributed by atoms with Gasteiger partial charge in [0, 0.05) is 29.6 Å². The number of amides is 2. The number of carbonyl (C=O) groups excluding carboxylic acids is 2. The van der Waals surface area contributed by atoms with Gasteiger partial charge in [-0.3, -0.25) is 18.7 Å². The van der Waals surface area contributed by atoms with Gasteiger partial charge in [0.2, 0.25) is 11.1 Å². The van der Waals surface area contributed by atoms with Crippen molar-refractivity contribution in [2.75, 3.05) is 44.1 Å². The molecule has 1 unspecified atom stereocenters. The van der Waals surface area contributed by atoms with Crippen molar-refractivity contribution in [2.45, 2.75) is 31.5 Å². The normalized spacial score (nSPS) is 12.7. The van der Waals surface area contributed by atoms with Crippen LogP contribution in [-0.2, 0) is 15.6 Å². The molecule has 35 heavy (non-hydrogen) atoms. The Labute approximate surface area is 210 Å². The number of carbonyl (C=O) groups is 2. The number of rotatable bonds is 8. The number of likely N-dealkylation sites (N-methyl/N-ethyl adjacent to an activating group) is 1. The summed E-state index contributed by atoms with van der Waals surface area (Å²) in [4.78, 5) is 36.6. The van der Waals surface area contributed by atoms with E-state index in [0.717, 1.165) is 11.3 Å². The zero-order valence-electron chi connectivity index (χ0n) is 20.3. The molecule has 5 N–H and O–H groups in total. The summed E-state index contributed by atoms with van der Waals surface area (Å²) in [7, 11) is 0.270. The second-order valence-corrected chi connectivity index (χ2v) is 11.4. The number of aromatic nitrogens is 2. The average molecular weight is 519 g/mol. The van der Waals surface area contributed by atoms with Crippen LogP contribution in [0.2, 0.25) is 0 Å². The van der Waals surface area contributed by atoms with Crippen molar-refractivity contribution in [3.05, 3.63) is 29.1 Å². The number of nitrogens with one attached hydrogen (secondary N) is 2. The quantitative estimate of drug-likeness (QED) is 0.331. The summed E-state index contributed by atoms with van der Waals surface area (Å²) in [5, 5.41) is 15.4. The predicted octanol–water partition coefficient (Wildman–Crippen LogP) is 2.07. The van der Waals surface area contributed by atoms with Crippen LogP contribution in [0.25, 0.3) is 21.5 Å². The fourth-order valence-corrected chi connectivity index (χ4v) is 4.83. The first-order valence-corrected chi connectivity index (χ1v) is 13.2. The van der Waals surface area contributed by atoms with Gasteiger partial charge in [-0.1, -0.05) is 12.1 Å². The number of nitrogen functional groups attached to an aromatic ring is 1. The number of aliphatic hydroxyl groups excluding tert-OH is 1. The van der Waals surface area contributed by atoms with E-state index in [-0.39, 0.29) is 35.8 Å². The van der Waals surface area contributed by atoms with E-state index in [0.29, 0.717) is 38.6 Å². The molecule has 2 aromatic heterocycles. The Hall–Kier alpha value is -2.93. The summed E-state index contributed by atoms with van der Waals surface area (Å²) < 4.78 is 12.3. The van der Waals surface area contributed by atoms with Crippen molar-refractivity contribution in [1.29, 1.82) is 0 Å². The minimum absolute atomic E-state index is 0.0397. The Bertz CT molecular complexity index is 1280. The summed E-state index contributed by atoms with van der Waals surface area (Å²) in [6.07, 6.45) is 1.48. The van der Waals surface area contributed by atoms with Crippen LogP contribution in [0, 0.1) is 0 Å². The molecule has 3 rings (SSSR count). The van der Waals surface area contributed by atoms with E-state index in [1.54, 1.807) is 36.2 Å². The monoisotopic (exact) mass is 518 g/mol. The molecular formula is C23H30N6O4S2. The third-order valence-corrected chi connectivity index (χ3v) is 6.63. The van der Waals surface area contributed by atoms with Crippen LogP contribution in [0.5, 0.6) is 0 Å². The molecule has 0 aliphatic carbocycles. The number of nitrogens with zero attached hydrogens (tertiary/aromatic N) is 3. The molecule has 1 aromatic carbocycles. The zero-order chi connectivity index (χ0) is 25.9. The van der Waals surface area contributed by atoms with Gasteiger partial charge in [0.05, 0.1) is 40.7 Å². The molecular weight excluding hydrogens is 488 g/mol. The van der Waals surface area contributed by atoms with Crippen molar-refractivity contribution < 1.29 is 18.9 Å². The fourth-order valence-electron chi connectivity index (χ4n) is 3.35. The molecule has 2 heterocycles. The van der Waals surface area contributed by atoms with Crippen LogP contribution in [0.3, 0.4) is 0 Å². The Kier molecular flexibility index (Phi) is 8.21. The lowest BCUT2D eigenvalue weighted by Gasteiger charge is -2.20. The van der Waals surface area contributed by atoms with Gasteiger partial charge in [-0.2, -0.15) is 0 Å². The molecule has 0 saturated carbocycles. The summed E-state index contributed by atoms with van der Waals surface area (Å²) in [6.45, 7) is 6.08. The van der Waals surface area contributed by atoms with Gasteiger partial charge in [0.25, 0.3) is 5.91 Å². The molecule has 3 aromatic rings. The van der Waals surface area contributed by atoms with Crippen LogP contribution in [-0.4, -0.2) is 74.5 Å². The average Bonchev–Trinajstić information content (AvgIpc) is 3.09. The molecule has 0 bridgehead atoms. The molecule has 10 nitrogen and oxygen atoms in total. The van der Waals surface area contributed by atoms with E-state index < -0.39 is 16.3 Å². The third kappa shape index (κ3) is 6.60. The Morgan fingerprint density at radius 1 is 1.26 bits per heavy atom. The van der Waals surface area contributed by atoms with Crippen molar-refractivity contribution in [3.8, 4) is 11.3 Å². The lowest BCUT2D eigenvalue weighted by atomic mass is 10.1. The van der Waals surface area contributed by atoms with E-state index in [4.69, 9.17) is 10.8 Å². The van der Waals surface area contributed by atoms with Crippen LogP contribution in [0.4, 0.5) is 11.4 Å². The van der Waals surface area contributed by atoms with Crippen LogP contribution < -0.4 is 16.4 Å². The highest BCUT2D eigenvalue weighted by Crippen LogP contribution is 2.39. The molecule has 0 aliphatic rings. The summed E-state index contributed by atoms with van der Waals surface area (Å²) in [5.74, 6) is -0.561. The molecule has 1 atom stereocenters. The maximum absolute atomic E-state index is 12.9. The minimum atomic E-state index is -1.47. The SMILES string of the molecule is CN(CCO)CC(=O)Nc1cccc(-c2nc(S(C)=O)nc3sc(C(=O)NC(C)(C)C)c(N)c23)c1. The highest BCUT2D eigenvalue weighted by atomic mass is 32.2. The van der Waals surface area contributed by atoms with E-state index in [1.165, 1.54) is 6.26 Å². The van der Waals surface area contributed by atoms with Gasteiger partial charge in [-0.05, 0) is 40.0 Å². The number of aliphatic hydroxyl groups is 1. The zero-order valence-corrected chi connectivity index (χ0v) is 22.0. The number of thiophene rings is 1. The second kappa shape index (κ2) is 10.8. The summed E-state index contributed by atoms with van der Waals surface area (Å²) >= 11 is 1.12. The first-order chi connectivity index (χ1) is 16.4.